The highest BCUT2D eigenvalue weighted by atomic mass is 32.2. The second kappa shape index (κ2) is 6.93. The minimum absolute atomic E-state index is 0.450. The minimum Gasteiger partial charge on any atom is -0.477 e. The quantitative estimate of drug-likeness (QED) is 0.790. The predicted octanol–water partition coefficient (Wildman–Crippen LogP) is 2.68. The van der Waals surface area contributed by atoms with Crippen LogP contribution in [0.1, 0.15) is 28.6 Å². The van der Waals surface area contributed by atoms with Gasteiger partial charge >= 0.3 is 5.97 Å². The standard InChI is InChI=1S/C11H17NO2S2/c1-3-9(7-15-2)12-6-8-4-5-16-10(8)11(13)14/h4-5,9,12H,3,6-7H2,1-2H3,(H,13,14). The first-order valence-electron chi connectivity index (χ1n) is 5.21. The van der Waals surface area contributed by atoms with Gasteiger partial charge in [-0.15, -0.1) is 11.3 Å². The zero-order valence-corrected chi connectivity index (χ0v) is 11.2. The van der Waals surface area contributed by atoms with E-state index in [2.05, 4.69) is 18.5 Å². The number of carbonyl (C=O) groups is 1. The second-order valence-electron chi connectivity index (χ2n) is 3.52. The molecule has 16 heavy (non-hydrogen) atoms. The Kier molecular flexibility index (Phi) is 5.87. The van der Waals surface area contributed by atoms with Crippen molar-refractivity contribution in [2.45, 2.75) is 25.9 Å². The van der Waals surface area contributed by atoms with Crippen LogP contribution in [-0.4, -0.2) is 29.1 Å². The molecule has 0 bridgehead atoms. The summed E-state index contributed by atoms with van der Waals surface area (Å²) in [6, 6.07) is 2.34. The van der Waals surface area contributed by atoms with Gasteiger partial charge in [-0.25, -0.2) is 4.79 Å². The molecule has 0 fully saturated rings. The Bertz CT molecular complexity index is 338. The van der Waals surface area contributed by atoms with Gasteiger partial charge in [0.2, 0.25) is 0 Å². The van der Waals surface area contributed by atoms with Crippen molar-refractivity contribution in [3.63, 3.8) is 0 Å². The number of thiophene rings is 1. The molecular formula is C11H17NO2S2. The molecule has 1 aromatic heterocycles. The Balaban J connectivity index is 2.53. The Morgan fingerprint density at radius 1 is 1.69 bits per heavy atom. The van der Waals surface area contributed by atoms with Gasteiger partial charge in [-0.1, -0.05) is 6.92 Å². The van der Waals surface area contributed by atoms with Gasteiger partial charge in [-0.05, 0) is 29.7 Å². The van der Waals surface area contributed by atoms with Crippen molar-refractivity contribution in [1.29, 1.82) is 0 Å². The van der Waals surface area contributed by atoms with E-state index in [1.807, 2.05) is 11.4 Å². The molecule has 0 spiro atoms. The van der Waals surface area contributed by atoms with Crippen molar-refractivity contribution in [3.05, 3.63) is 21.9 Å². The van der Waals surface area contributed by atoms with Crippen LogP contribution >= 0.6 is 23.1 Å². The molecule has 0 amide bonds. The van der Waals surface area contributed by atoms with Crippen LogP contribution in [0.25, 0.3) is 0 Å². The van der Waals surface area contributed by atoms with E-state index < -0.39 is 5.97 Å². The van der Waals surface area contributed by atoms with Crippen LogP contribution in [0.4, 0.5) is 0 Å². The Morgan fingerprint density at radius 2 is 2.44 bits per heavy atom. The van der Waals surface area contributed by atoms with E-state index in [0.717, 1.165) is 17.7 Å². The molecule has 90 valence electrons. The van der Waals surface area contributed by atoms with Gasteiger partial charge < -0.3 is 10.4 Å². The highest BCUT2D eigenvalue weighted by molar-refractivity contribution is 7.98. The third kappa shape index (κ3) is 3.81. The van der Waals surface area contributed by atoms with Crippen LogP contribution in [0.2, 0.25) is 0 Å². The molecule has 0 saturated carbocycles. The van der Waals surface area contributed by atoms with Gasteiger partial charge in [-0.2, -0.15) is 11.8 Å². The molecule has 1 unspecified atom stereocenters. The fourth-order valence-corrected chi connectivity index (χ4v) is 2.96. The van der Waals surface area contributed by atoms with Crippen molar-refractivity contribution >= 4 is 29.1 Å². The van der Waals surface area contributed by atoms with Gasteiger partial charge in [-0.3, -0.25) is 0 Å². The van der Waals surface area contributed by atoms with E-state index in [1.165, 1.54) is 11.3 Å². The first-order chi connectivity index (χ1) is 7.69. The normalized spacial score (nSPS) is 12.6. The van der Waals surface area contributed by atoms with E-state index in [-0.39, 0.29) is 0 Å². The Labute approximate surface area is 104 Å². The third-order valence-electron chi connectivity index (χ3n) is 2.38. The molecule has 0 radical (unpaired) electrons. The molecule has 2 N–H and O–H groups in total. The third-order valence-corrected chi connectivity index (χ3v) is 4.06. The van der Waals surface area contributed by atoms with Gasteiger partial charge in [0.15, 0.2) is 0 Å². The van der Waals surface area contributed by atoms with Crippen LogP contribution in [0, 0.1) is 0 Å². The number of hydrogen-bond donors (Lipinski definition) is 2. The molecule has 1 rings (SSSR count). The van der Waals surface area contributed by atoms with Gasteiger partial charge in [0.25, 0.3) is 0 Å². The molecule has 0 aromatic carbocycles. The lowest BCUT2D eigenvalue weighted by Gasteiger charge is -2.15. The molecule has 1 atom stereocenters. The highest BCUT2D eigenvalue weighted by Gasteiger charge is 2.12. The number of thioether (sulfide) groups is 1. The van der Waals surface area contributed by atoms with Crippen LogP contribution < -0.4 is 5.32 Å². The molecular weight excluding hydrogens is 242 g/mol. The van der Waals surface area contributed by atoms with E-state index in [0.29, 0.717) is 17.5 Å². The number of carboxylic acid groups (broad SMARTS) is 1. The largest absolute Gasteiger partial charge is 0.477 e. The molecule has 1 aromatic rings. The van der Waals surface area contributed by atoms with E-state index in [1.54, 1.807) is 11.8 Å². The highest BCUT2D eigenvalue weighted by Crippen LogP contribution is 2.17. The van der Waals surface area contributed by atoms with Crippen LogP contribution in [0.5, 0.6) is 0 Å². The number of hydrogen-bond acceptors (Lipinski definition) is 4. The van der Waals surface area contributed by atoms with Gasteiger partial charge in [0.1, 0.15) is 4.88 Å². The maximum absolute atomic E-state index is 10.9. The van der Waals surface area contributed by atoms with Crippen molar-refractivity contribution in [1.82, 2.24) is 5.32 Å². The Hall–Kier alpha value is -0.520. The number of rotatable bonds is 7. The second-order valence-corrected chi connectivity index (χ2v) is 5.35. The lowest BCUT2D eigenvalue weighted by atomic mass is 10.2. The molecule has 0 aliphatic rings. The molecule has 0 aliphatic heterocycles. The fourth-order valence-electron chi connectivity index (χ4n) is 1.44. The van der Waals surface area contributed by atoms with Crippen LogP contribution in [-0.2, 0) is 6.54 Å². The van der Waals surface area contributed by atoms with Crippen LogP contribution in [0.3, 0.4) is 0 Å². The van der Waals surface area contributed by atoms with Crippen LogP contribution in [0.15, 0.2) is 11.4 Å². The monoisotopic (exact) mass is 259 g/mol. The van der Waals surface area contributed by atoms with Crippen molar-refractivity contribution in [3.8, 4) is 0 Å². The molecule has 1 heterocycles. The zero-order chi connectivity index (χ0) is 12.0. The molecule has 3 nitrogen and oxygen atoms in total. The van der Waals surface area contributed by atoms with E-state index >= 15 is 0 Å². The number of nitrogens with one attached hydrogen (secondary N) is 1. The van der Waals surface area contributed by atoms with Gasteiger partial charge in [0.05, 0.1) is 0 Å². The first kappa shape index (κ1) is 13.5. The fraction of sp³-hybridized carbons (Fsp3) is 0.545. The first-order valence-corrected chi connectivity index (χ1v) is 7.48. The lowest BCUT2D eigenvalue weighted by Crippen LogP contribution is -2.30. The number of aromatic carboxylic acids is 1. The van der Waals surface area contributed by atoms with E-state index in [9.17, 15) is 4.79 Å². The van der Waals surface area contributed by atoms with E-state index in [4.69, 9.17) is 5.11 Å². The summed E-state index contributed by atoms with van der Waals surface area (Å²) in [6.07, 6.45) is 3.14. The van der Waals surface area contributed by atoms with Crippen molar-refractivity contribution in [2.75, 3.05) is 12.0 Å². The average Bonchev–Trinajstić information content (AvgIpc) is 2.72. The maximum atomic E-state index is 10.9. The molecule has 0 saturated heterocycles. The predicted molar refractivity (Wildman–Crippen MR) is 70.6 cm³/mol. The Morgan fingerprint density at radius 3 is 3.00 bits per heavy atom. The smallest absolute Gasteiger partial charge is 0.346 e. The summed E-state index contributed by atoms with van der Waals surface area (Å²) < 4.78 is 0. The number of carboxylic acids is 1. The summed E-state index contributed by atoms with van der Waals surface area (Å²) in [7, 11) is 0. The SMILES string of the molecule is CCC(CSC)NCc1ccsc1C(=O)O. The maximum Gasteiger partial charge on any atom is 0.346 e. The average molecular weight is 259 g/mol. The molecule has 0 aliphatic carbocycles. The lowest BCUT2D eigenvalue weighted by molar-refractivity contribution is 0.0701. The molecule has 5 heteroatoms. The van der Waals surface area contributed by atoms with Crippen molar-refractivity contribution in [2.24, 2.45) is 0 Å². The summed E-state index contributed by atoms with van der Waals surface area (Å²) in [5.74, 6) is 0.230. The summed E-state index contributed by atoms with van der Waals surface area (Å²) in [5.41, 5.74) is 0.886. The summed E-state index contributed by atoms with van der Waals surface area (Å²) in [5, 5.41) is 14.2. The van der Waals surface area contributed by atoms with Crippen molar-refractivity contribution < 1.29 is 9.90 Å². The summed E-state index contributed by atoms with van der Waals surface area (Å²) in [6.45, 7) is 2.78. The topological polar surface area (TPSA) is 49.3 Å². The minimum atomic E-state index is -0.829. The zero-order valence-electron chi connectivity index (χ0n) is 9.53. The summed E-state index contributed by atoms with van der Waals surface area (Å²) >= 11 is 3.09. The summed E-state index contributed by atoms with van der Waals surface area (Å²) in [4.78, 5) is 11.4. The van der Waals surface area contributed by atoms with Gasteiger partial charge in [0, 0.05) is 18.3 Å².